The Morgan fingerprint density at radius 3 is 2.43 bits per heavy atom. The van der Waals surface area contributed by atoms with Gasteiger partial charge in [0.1, 0.15) is 0 Å². The van der Waals surface area contributed by atoms with Crippen LogP contribution in [0.15, 0.2) is 23.1 Å². The van der Waals surface area contributed by atoms with Crippen LogP contribution in [0, 0.1) is 0 Å². The number of nitrogens with two attached hydrogens (primary N) is 1. The van der Waals surface area contributed by atoms with Crippen LogP contribution in [-0.4, -0.2) is 34.1 Å². The van der Waals surface area contributed by atoms with Crippen LogP contribution in [0.3, 0.4) is 0 Å². The van der Waals surface area contributed by atoms with E-state index in [2.05, 4.69) is 36.9 Å². The molecule has 4 N–H and O–H groups in total. The van der Waals surface area contributed by atoms with Crippen LogP contribution < -0.4 is 15.8 Å². The minimum atomic E-state index is -3.47. The largest absolute Gasteiger partial charge is 0.330 e. The Morgan fingerprint density at radius 2 is 1.91 bits per heavy atom. The van der Waals surface area contributed by atoms with Crippen molar-refractivity contribution in [2.45, 2.75) is 56.4 Å². The number of aryl methyl sites for hydroxylation is 1. The van der Waals surface area contributed by atoms with E-state index in [-0.39, 0.29) is 11.5 Å². The van der Waals surface area contributed by atoms with E-state index in [1.54, 1.807) is 12.1 Å². The molecule has 1 saturated heterocycles. The molecule has 0 unspecified atom stereocenters. The molecule has 6 heteroatoms. The Morgan fingerprint density at radius 1 is 1.22 bits per heavy atom. The number of unbranched alkanes of at least 4 members (excludes halogenated alkanes) is 1. The molecule has 2 rings (SSSR count). The molecule has 0 bridgehead atoms. The predicted molar refractivity (Wildman–Crippen MR) is 94.1 cm³/mol. The predicted octanol–water partition coefficient (Wildman–Crippen LogP) is 1.52. The number of sulfonamides is 1. The van der Waals surface area contributed by atoms with Gasteiger partial charge in [-0.15, -0.1) is 0 Å². The van der Waals surface area contributed by atoms with Gasteiger partial charge in [0.25, 0.3) is 0 Å². The zero-order valence-corrected chi connectivity index (χ0v) is 15.2. The minimum absolute atomic E-state index is 0.000942. The lowest BCUT2D eigenvalue weighted by Gasteiger charge is -2.28. The maximum Gasteiger partial charge on any atom is 0.240 e. The fourth-order valence-corrected chi connectivity index (χ4v) is 3.86. The summed E-state index contributed by atoms with van der Waals surface area (Å²) in [5, 5.41) is 3.08. The van der Waals surface area contributed by atoms with Crippen LogP contribution >= 0.6 is 0 Å². The third kappa shape index (κ3) is 5.01. The van der Waals surface area contributed by atoms with E-state index in [1.807, 2.05) is 0 Å². The summed E-state index contributed by atoms with van der Waals surface area (Å²) in [6.07, 6.45) is 2.78. The Labute approximate surface area is 140 Å². The standard InChI is InChI=1S/C17H29N3O2S/c1-17(2,3)14-8-13(6-4-5-7-18)9-16(10-14)23(21,22)20-15-11-19-12-15/h8-10,15,19-20H,4-7,11-12,18H2,1-3H3. The molecule has 0 radical (unpaired) electrons. The number of hydrogen-bond donors (Lipinski definition) is 3. The summed E-state index contributed by atoms with van der Waals surface area (Å²) in [6, 6.07) is 5.74. The fraction of sp³-hybridized carbons (Fsp3) is 0.647. The third-order valence-corrected chi connectivity index (χ3v) is 5.67. The van der Waals surface area contributed by atoms with Crippen LogP contribution in [-0.2, 0) is 21.9 Å². The zero-order valence-electron chi connectivity index (χ0n) is 14.4. The quantitative estimate of drug-likeness (QED) is 0.658. The van der Waals surface area contributed by atoms with Gasteiger partial charge < -0.3 is 11.1 Å². The van der Waals surface area contributed by atoms with Crippen molar-refractivity contribution >= 4 is 10.0 Å². The molecule has 5 nitrogen and oxygen atoms in total. The van der Waals surface area contributed by atoms with E-state index >= 15 is 0 Å². The van der Waals surface area contributed by atoms with E-state index in [0.717, 1.165) is 30.4 Å². The molecule has 1 fully saturated rings. The number of nitrogens with one attached hydrogen (secondary N) is 2. The highest BCUT2D eigenvalue weighted by atomic mass is 32.2. The average Bonchev–Trinajstić information content (AvgIpc) is 2.42. The number of hydrogen-bond acceptors (Lipinski definition) is 4. The van der Waals surface area contributed by atoms with Crippen molar-refractivity contribution in [1.29, 1.82) is 0 Å². The highest BCUT2D eigenvalue weighted by Crippen LogP contribution is 2.27. The topological polar surface area (TPSA) is 84.2 Å². The maximum absolute atomic E-state index is 12.6. The van der Waals surface area contributed by atoms with Crippen LogP contribution in [0.4, 0.5) is 0 Å². The van der Waals surface area contributed by atoms with Gasteiger partial charge in [0.05, 0.1) is 4.90 Å². The van der Waals surface area contributed by atoms with Crippen molar-refractivity contribution in [3.8, 4) is 0 Å². The van der Waals surface area contributed by atoms with Gasteiger partial charge >= 0.3 is 0 Å². The summed E-state index contributed by atoms with van der Waals surface area (Å²) in [4.78, 5) is 0.375. The molecule has 1 heterocycles. The number of rotatable bonds is 7. The first-order chi connectivity index (χ1) is 10.7. The second kappa shape index (κ2) is 7.30. The van der Waals surface area contributed by atoms with Crippen LogP contribution in [0.25, 0.3) is 0 Å². The first-order valence-electron chi connectivity index (χ1n) is 8.30. The highest BCUT2D eigenvalue weighted by molar-refractivity contribution is 7.89. The normalized spacial score (nSPS) is 16.3. The van der Waals surface area contributed by atoms with Gasteiger partial charge in [-0.05, 0) is 54.5 Å². The molecular weight excluding hydrogens is 310 g/mol. The summed E-state index contributed by atoms with van der Waals surface area (Å²) in [6.45, 7) is 8.37. The molecular formula is C17H29N3O2S. The Kier molecular flexibility index (Phi) is 5.84. The van der Waals surface area contributed by atoms with Gasteiger partial charge in [0, 0.05) is 19.1 Å². The highest BCUT2D eigenvalue weighted by Gasteiger charge is 2.26. The van der Waals surface area contributed by atoms with Gasteiger partial charge in [-0.2, -0.15) is 0 Å². The van der Waals surface area contributed by atoms with E-state index in [4.69, 9.17) is 5.73 Å². The van der Waals surface area contributed by atoms with Crippen LogP contribution in [0.5, 0.6) is 0 Å². The van der Waals surface area contributed by atoms with Gasteiger partial charge in [0.15, 0.2) is 0 Å². The van der Waals surface area contributed by atoms with E-state index < -0.39 is 10.0 Å². The van der Waals surface area contributed by atoms with Crippen molar-refractivity contribution in [3.05, 3.63) is 29.3 Å². The van der Waals surface area contributed by atoms with Gasteiger partial charge in [0.2, 0.25) is 10.0 Å². The maximum atomic E-state index is 12.6. The summed E-state index contributed by atoms with van der Waals surface area (Å²) in [7, 11) is -3.47. The second-order valence-corrected chi connectivity index (χ2v) is 9.05. The van der Waals surface area contributed by atoms with Crippen molar-refractivity contribution in [3.63, 3.8) is 0 Å². The van der Waals surface area contributed by atoms with Crippen molar-refractivity contribution in [2.75, 3.05) is 19.6 Å². The van der Waals surface area contributed by atoms with E-state index in [1.165, 1.54) is 0 Å². The molecule has 23 heavy (non-hydrogen) atoms. The Bertz CT molecular complexity index is 632. The first kappa shape index (κ1) is 18.4. The molecule has 130 valence electrons. The molecule has 0 spiro atoms. The molecule has 0 amide bonds. The Hall–Kier alpha value is -0.950. The molecule has 1 aromatic rings. The van der Waals surface area contributed by atoms with E-state index in [9.17, 15) is 8.42 Å². The summed E-state index contributed by atoms with van der Waals surface area (Å²) < 4.78 is 28.0. The number of benzene rings is 1. The first-order valence-corrected chi connectivity index (χ1v) is 9.78. The minimum Gasteiger partial charge on any atom is -0.330 e. The molecule has 0 aliphatic carbocycles. The fourth-order valence-electron chi connectivity index (χ4n) is 2.53. The van der Waals surface area contributed by atoms with Crippen molar-refractivity contribution in [2.24, 2.45) is 5.73 Å². The lowest BCUT2D eigenvalue weighted by molar-refractivity contribution is 0.410. The average molecular weight is 340 g/mol. The zero-order chi connectivity index (χ0) is 17.1. The third-order valence-electron chi connectivity index (χ3n) is 4.17. The van der Waals surface area contributed by atoms with Gasteiger partial charge in [-0.25, -0.2) is 13.1 Å². The summed E-state index contributed by atoms with van der Waals surface area (Å²) in [5.74, 6) is 0. The monoisotopic (exact) mass is 339 g/mol. The smallest absolute Gasteiger partial charge is 0.240 e. The second-order valence-electron chi connectivity index (χ2n) is 7.34. The van der Waals surface area contributed by atoms with Gasteiger partial charge in [-0.3, -0.25) is 0 Å². The van der Waals surface area contributed by atoms with Crippen molar-refractivity contribution in [1.82, 2.24) is 10.0 Å². The Balaban J connectivity index is 2.30. The molecule has 1 aliphatic heterocycles. The molecule has 1 aliphatic rings. The summed E-state index contributed by atoms with van der Waals surface area (Å²) in [5.41, 5.74) is 7.58. The van der Waals surface area contributed by atoms with Crippen LogP contribution in [0.1, 0.15) is 44.7 Å². The molecule has 0 atom stereocenters. The summed E-state index contributed by atoms with van der Waals surface area (Å²) >= 11 is 0. The molecule has 1 aromatic carbocycles. The SMILES string of the molecule is CC(C)(C)c1cc(CCCCN)cc(S(=O)(=O)NC2CNC2)c1. The molecule has 0 aromatic heterocycles. The van der Waals surface area contributed by atoms with E-state index in [0.29, 0.717) is 24.5 Å². The van der Waals surface area contributed by atoms with Crippen LogP contribution in [0.2, 0.25) is 0 Å². The van der Waals surface area contributed by atoms with Crippen molar-refractivity contribution < 1.29 is 8.42 Å². The van der Waals surface area contributed by atoms with Gasteiger partial charge in [-0.1, -0.05) is 26.8 Å². The lowest BCUT2D eigenvalue weighted by atomic mass is 9.86. The lowest BCUT2D eigenvalue weighted by Crippen LogP contribution is -2.56. The molecule has 0 saturated carbocycles.